The highest BCUT2D eigenvalue weighted by molar-refractivity contribution is 6.32. The van der Waals surface area contributed by atoms with Gasteiger partial charge in [0.25, 0.3) is 0 Å². The van der Waals surface area contributed by atoms with Crippen molar-refractivity contribution in [1.82, 2.24) is 0 Å². The number of esters is 1. The van der Waals surface area contributed by atoms with Gasteiger partial charge in [-0.2, -0.15) is 0 Å². The first kappa shape index (κ1) is 15.6. The van der Waals surface area contributed by atoms with E-state index in [2.05, 4.69) is 26.0 Å². The van der Waals surface area contributed by atoms with E-state index in [0.717, 1.165) is 11.1 Å². The fourth-order valence-corrected chi connectivity index (χ4v) is 2.61. The van der Waals surface area contributed by atoms with Crippen LogP contribution in [0.5, 0.6) is 0 Å². The Balaban J connectivity index is 1.91. The van der Waals surface area contributed by atoms with E-state index in [1.54, 1.807) is 18.2 Å². The van der Waals surface area contributed by atoms with Gasteiger partial charge in [0, 0.05) is 10.6 Å². The second-order valence-electron chi connectivity index (χ2n) is 5.80. The molecule has 23 heavy (non-hydrogen) atoms. The van der Waals surface area contributed by atoms with E-state index in [1.807, 2.05) is 30.3 Å². The molecule has 0 radical (unpaired) electrons. The fraction of sp³-hybridized carbons (Fsp3) is 0.150. The van der Waals surface area contributed by atoms with E-state index in [4.69, 9.17) is 16.3 Å². The molecule has 0 amide bonds. The van der Waals surface area contributed by atoms with E-state index in [9.17, 15) is 4.79 Å². The summed E-state index contributed by atoms with van der Waals surface area (Å²) >= 11 is 6.13. The number of rotatable bonds is 3. The van der Waals surface area contributed by atoms with Crippen LogP contribution in [-0.2, 0) is 9.53 Å². The van der Waals surface area contributed by atoms with Crippen molar-refractivity contribution in [2.24, 2.45) is 0 Å². The molecule has 0 spiro atoms. The molecule has 2 nitrogen and oxygen atoms in total. The van der Waals surface area contributed by atoms with Crippen LogP contribution in [0.1, 0.15) is 36.5 Å². The van der Waals surface area contributed by atoms with Gasteiger partial charge in [-0.25, -0.2) is 4.79 Å². The summed E-state index contributed by atoms with van der Waals surface area (Å²) in [4.78, 5) is 12.1. The molecule has 0 saturated heterocycles. The Kier molecular flexibility index (Phi) is 4.35. The molecule has 3 rings (SSSR count). The van der Waals surface area contributed by atoms with Crippen molar-refractivity contribution in [3.8, 4) is 0 Å². The molecule has 0 unspecified atom stereocenters. The van der Waals surface area contributed by atoms with Gasteiger partial charge in [0.2, 0.25) is 0 Å². The van der Waals surface area contributed by atoms with Crippen LogP contribution in [0.15, 0.2) is 60.2 Å². The number of carbonyl (C=O) groups is 1. The summed E-state index contributed by atoms with van der Waals surface area (Å²) in [6.45, 7) is 4.29. The van der Waals surface area contributed by atoms with E-state index in [1.165, 1.54) is 5.56 Å². The first-order valence-corrected chi connectivity index (χ1v) is 7.93. The minimum atomic E-state index is -0.354. The van der Waals surface area contributed by atoms with E-state index in [0.29, 0.717) is 22.3 Å². The van der Waals surface area contributed by atoms with Crippen LogP contribution in [0.3, 0.4) is 0 Å². The third-order valence-electron chi connectivity index (χ3n) is 3.80. The largest absolute Gasteiger partial charge is 0.422 e. The molecule has 0 atom stereocenters. The molecule has 0 N–H and O–H groups in total. The molecule has 0 fully saturated rings. The normalized spacial score (nSPS) is 15.9. The van der Waals surface area contributed by atoms with Crippen LogP contribution >= 0.6 is 11.6 Å². The van der Waals surface area contributed by atoms with Crippen LogP contribution in [-0.4, -0.2) is 5.97 Å². The van der Waals surface area contributed by atoms with Crippen molar-refractivity contribution in [2.75, 3.05) is 0 Å². The van der Waals surface area contributed by atoms with Gasteiger partial charge < -0.3 is 4.74 Å². The topological polar surface area (TPSA) is 26.3 Å². The summed E-state index contributed by atoms with van der Waals surface area (Å²) in [7, 11) is 0. The highest BCUT2D eigenvalue weighted by Crippen LogP contribution is 2.29. The smallest absolute Gasteiger partial charge is 0.343 e. The molecule has 2 aromatic carbocycles. The predicted molar refractivity (Wildman–Crippen MR) is 94.0 cm³/mol. The second kappa shape index (κ2) is 6.43. The molecular weight excluding hydrogens is 308 g/mol. The van der Waals surface area contributed by atoms with Gasteiger partial charge in [0.05, 0.1) is 5.57 Å². The summed E-state index contributed by atoms with van der Waals surface area (Å²) in [5.74, 6) is 0.691. The summed E-state index contributed by atoms with van der Waals surface area (Å²) < 4.78 is 5.38. The third-order valence-corrected chi connectivity index (χ3v) is 4.15. The lowest BCUT2D eigenvalue weighted by molar-refractivity contribution is -0.130. The Morgan fingerprint density at radius 1 is 1.04 bits per heavy atom. The first-order valence-electron chi connectivity index (χ1n) is 7.55. The second-order valence-corrected chi connectivity index (χ2v) is 6.20. The molecule has 0 bridgehead atoms. The zero-order chi connectivity index (χ0) is 16.4. The van der Waals surface area contributed by atoms with Crippen molar-refractivity contribution in [3.05, 3.63) is 81.9 Å². The molecule has 0 aliphatic carbocycles. The molecular formula is C20H17ClO2. The molecule has 1 aliphatic rings. The number of halogens is 1. The maximum atomic E-state index is 12.1. The molecule has 3 heteroatoms. The summed E-state index contributed by atoms with van der Waals surface area (Å²) in [5, 5.41) is 0.607. The quantitative estimate of drug-likeness (QED) is 0.554. The maximum absolute atomic E-state index is 12.1. The molecule has 0 saturated carbocycles. The number of ether oxygens (including phenoxy) is 1. The van der Waals surface area contributed by atoms with Crippen LogP contribution in [0.4, 0.5) is 0 Å². The Morgan fingerprint density at radius 2 is 1.74 bits per heavy atom. The molecule has 0 aromatic heterocycles. The predicted octanol–water partition coefficient (Wildman–Crippen LogP) is 5.44. The third kappa shape index (κ3) is 3.38. The van der Waals surface area contributed by atoms with Gasteiger partial charge in [0.15, 0.2) is 0 Å². The summed E-state index contributed by atoms with van der Waals surface area (Å²) in [6.07, 6.45) is 3.51. The minimum absolute atomic E-state index is 0.354. The Bertz CT molecular complexity index is 799. The average Bonchev–Trinajstić information content (AvgIpc) is 2.91. The fourth-order valence-electron chi connectivity index (χ4n) is 2.42. The van der Waals surface area contributed by atoms with Gasteiger partial charge in [-0.1, -0.05) is 67.9 Å². The summed E-state index contributed by atoms with van der Waals surface area (Å²) in [6, 6.07) is 15.5. The lowest BCUT2D eigenvalue weighted by Gasteiger charge is -2.06. The lowest BCUT2D eigenvalue weighted by atomic mass is 10.0. The maximum Gasteiger partial charge on any atom is 0.343 e. The lowest BCUT2D eigenvalue weighted by Crippen LogP contribution is -1.97. The van der Waals surface area contributed by atoms with Gasteiger partial charge in [0.1, 0.15) is 5.76 Å². The Labute approximate surface area is 141 Å². The number of hydrogen-bond donors (Lipinski definition) is 0. The van der Waals surface area contributed by atoms with Gasteiger partial charge in [-0.05, 0) is 35.3 Å². The van der Waals surface area contributed by atoms with Crippen molar-refractivity contribution >= 4 is 29.4 Å². The average molecular weight is 325 g/mol. The molecule has 1 aliphatic heterocycles. The Morgan fingerprint density at radius 3 is 2.39 bits per heavy atom. The van der Waals surface area contributed by atoms with Crippen LogP contribution in [0, 0.1) is 0 Å². The monoisotopic (exact) mass is 324 g/mol. The first-order chi connectivity index (χ1) is 11.0. The van der Waals surface area contributed by atoms with Crippen molar-refractivity contribution in [1.29, 1.82) is 0 Å². The van der Waals surface area contributed by atoms with Crippen LogP contribution in [0.25, 0.3) is 11.8 Å². The number of cyclic esters (lactones) is 1. The van der Waals surface area contributed by atoms with E-state index < -0.39 is 0 Å². The molecule has 2 aromatic rings. The van der Waals surface area contributed by atoms with Crippen molar-refractivity contribution < 1.29 is 9.53 Å². The van der Waals surface area contributed by atoms with Crippen LogP contribution in [0.2, 0.25) is 5.02 Å². The number of benzene rings is 2. The highest BCUT2D eigenvalue weighted by atomic mass is 35.5. The molecule has 116 valence electrons. The van der Waals surface area contributed by atoms with Gasteiger partial charge in [-0.3, -0.25) is 0 Å². The Hall–Kier alpha value is -2.32. The SMILES string of the molecule is CC(C)c1ccc(C2=CC(=Cc3ccccc3Cl)C(=O)O2)cc1. The van der Waals surface area contributed by atoms with E-state index >= 15 is 0 Å². The summed E-state index contributed by atoms with van der Waals surface area (Å²) in [5.41, 5.74) is 3.45. The zero-order valence-corrected chi connectivity index (χ0v) is 13.8. The van der Waals surface area contributed by atoms with Crippen LogP contribution < -0.4 is 0 Å². The van der Waals surface area contributed by atoms with Crippen molar-refractivity contribution in [3.63, 3.8) is 0 Å². The molecule has 1 heterocycles. The minimum Gasteiger partial charge on any atom is -0.422 e. The highest BCUT2D eigenvalue weighted by Gasteiger charge is 2.22. The van der Waals surface area contributed by atoms with Gasteiger partial charge >= 0.3 is 5.97 Å². The number of hydrogen-bond acceptors (Lipinski definition) is 2. The van der Waals surface area contributed by atoms with Crippen molar-refractivity contribution in [2.45, 2.75) is 19.8 Å². The standard InChI is InChI=1S/C20H17ClO2/c1-13(2)14-7-9-15(10-8-14)19-12-17(20(22)23-19)11-16-5-3-4-6-18(16)21/h3-13H,1-2H3. The van der Waals surface area contributed by atoms with Gasteiger partial charge in [-0.15, -0.1) is 0 Å². The number of carbonyl (C=O) groups excluding carboxylic acids is 1. The van der Waals surface area contributed by atoms with E-state index in [-0.39, 0.29) is 5.97 Å². The zero-order valence-electron chi connectivity index (χ0n) is 13.0.